The summed E-state index contributed by atoms with van der Waals surface area (Å²) in [7, 11) is 2.02. The van der Waals surface area contributed by atoms with Crippen molar-refractivity contribution in [3.8, 4) is 0 Å². The molecule has 1 aromatic carbocycles. The molecule has 4 heteroatoms. The number of aliphatic hydroxyl groups excluding tert-OH is 1. The number of anilines is 1. The zero-order chi connectivity index (χ0) is 13.8. The number of aromatic nitrogens is 1. The number of hydrogen-bond donors (Lipinski definition) is 1. The highest BCUT2D eigenvalue weighted by molar-refractivity contribution is 9.10. The fourth-order valence-electron chi connectivity index (χ4n) is 2.00. The minimum atomic E-state index is 0.00723. The highest BCUT2D eigenvalue weighted by Gasteiger charge is 2.08. The first-order chi connectivity index (χ1) is 9.10. The van der Waals surface area contributed by atoms with Gasteiger partial charge in [-0.25, -0.2) is 0 Å². The third-order valence-corrected chi connectivity index (χ3v) is 3.54. The molecule has 3 nitrogen and oxygen atoms in total. The first-order valence-electron chi connectivity index (χ1n) is 6.12. The Kier molecular flexibility index (Phi) is 4.56. The second kappa shape index (κ2) is 6.17. The van der Waals surface area contributed by atoms with Crippen molar-refractivity contribution in [2.75, 3.05) is 11.9 Å². The van der Waals surface area contributed by atoms with Gasteiger partial charge in [0.1, 0.15) is 0 Å². The minimum Gasteiger partial charge on any atom is -0.392 e. The van der Waals surface area contributed by atoms with Gasteiger partial charge in [-0.2, -0.15) is 0 Å². The number of nitrogens with zero attached hydrogens (tertiary/aromatic N) is 2. The molecule has 2 aromatic rings. The molecule has 19 heavy (non-hydrogen) atoms. The highest BCUT2D eigenvalue weighted by Crippen LogP contribution is 2.22. The predicted molar refractivity (Wildman–Crippen MR) is 81.1 cm³/mol. The number of aliphatic hydroxyl groups is 1. The average molecular weight is 321 g/mol. The maximum atomic E-state index is 9.39. The van der Waals surface area contributed by atoms with Crippen molar-refractivity contribution < 1.29 is 5.11 Å². The lowest BCUT2D eigenvalue weighted by atomic mass is 10.1. The van der Waals surface area contributed by atoms with Gasteiger partial charge in [-0.15, -0.1) is 0 Å². The molecule has 100 valence electrons. The second-order valence-electron chi connectivity index (χ2n) is 4.60. The molecule has 0 atom stereocenters. The van der Waals surface area contributed by atoms with Crippen LogP contribution in [0.4, 0.5) is 5.69 Å². The Hall–Kier alpha value is -1.39. The number of pyridine rings is 1. The zero-order valence-corrected chi connectivity index (χ0v) is 12.7. The van der Waals surface area contributed by atoms with Crippen LogP contribution >= 0.6 is 15.9 Å². The van der Waals surface area contributed by atoms with Crippen molar-refractivity contribution in [3.63, 3.8) is 0 Å². The number of halogens is 1. The minimum absolute atomic E-state index is 0.00723. The molecule has 1 heterocycles. The molecule has 0 radical (unpaired) electrons. The predicted octanol–water partition coefficient (Wildman–Crippen LogP) is 3.28. The maximum absolute atomic E-state index is 9.39. The largest absolute Gasteiger partial charge is 0.392 e. The first-order valence-corrected chi connectivity index (χ1v) is 6.91. The van der Waals surface area contributed by atoms with Crippen LogP contribution in [0.3, 0.4) is 0 Å². The van der Waals surface area contributed by atoms with Gasteiger partial charge in [-0.1, -0.05) is 28.1 Å². The third kappa shape index (κ3) is 3.55. The van der Waals surface area contributed by atoms with E-state index in [1.165, 1.54) is 5.56 Å². The Morgan fingerprint density at radius 1 is 1.26 bits per heavy atom. The van der Waals surface area contributed by atoms with Gasteiger partial charge in [0.25, 0.3) is 0 Å². The van der Waals surface area contributed by atoms with E-state index < -0.39 is 0 Å². The molecule has 0 aliphatic carbocycles. The Morgan fingerprint density at radius 3 is 2.58 bits per heavy atom. The quantitative estimate of drug-likeness (QED) is 0.939. The van der Waals surface area contributed by atoms with Crippen molar-refractivity contribution in [3.05, 3.63) is 57.8 Å². The molecule has 0 spiro atoms. The lowest BCUT2D eigenvalue weighted by Gasteiger charge is -2.22. The fourth-order valence-corrected chi connectivity index (χ4v) is 2.26. The van der Waals surface area contributed by atoms with Crippen LogP contribution in [0.25, 0.3) is 0 Å². The highest BCUT2D eigenvalue weighted by atomic mass is 79.9. The maximum Gasteiger partial charge on any atom is 0.0717 e. The first kappa shape index (κ1) is 14.0. The number of aryl methyl sites for hydroxylation is 1. The van der Waals surface area contributed by atoms with E-state index in [2.05, 4.69) is 37.9 Å². The number of benzene rings is 1. The van der Waals surface area contributed by atoms with Crippen LogP contribution in [0, 0.1) is 6.92 Å². The summed E-state index contributed by atoms with van der Waals surface area (Å²) in [6.45, 7) is 2.76. The molecule has 0 saturated heterocycles. The van der Waals surface area contributed by atoms with Crippen molar-refractivity contribution in [2.24, 2.45) is 0 Å². The molecule has 0 fully saturated rings. The molecular weight excluding hydrogens is 304 g/mol. The van der Waals surface area contributed by atoms with Crippen molar-refractivity contribution in [1.29, 1.82) is 0 Å². The van der Waals surface area contributed by atoms with Crippen molar-refractivity contribution in [1.82, 2.24) is 4.98 Å². The number of hydrogen-bond acceptors (Lipinski definition) is 3. The van der Waals surface area contributed by atoms with E-state index in [0.717, 1.165) is 28.0 Å². The van der Waals surface area contributed by atoms with E-state index in [1.54, 1.807) is 6.20 Å². The number of rotatable bonds is 4. The van der Waals surface area contributed by atoms with Crippen LogP contribution in [-0.2, 0) is 13.2 Å². The molecule has 0 unspecified atom stereocenters. The lowest BCUT2D eigenvalue weighted by molar-refractivity contribution is 0.281. The van der Waals surface area contributed by atoms with Gasteiger partial charge >= 0.3 is 0 Å². The molecule has 0 aliphatic rings. The Bertz CT molecular complexity index is 555. The molecule has 2 rings (SSSR count). The van der Waals surface area contributed by atoms with E-state index in [9.17, 15) is 5.11 Å². The summed E-state index contributed by atoms with van der Waals surface area (Å²) in [5, 5.41) is 9.39. The summed E-state index contributed by atoms with van der Waals surface area (Å²) < 4.78 is 1.08. The van der Waals surface area contributed by atoms with E-state index >= 15 is 0 Å². The normalized spacial score (nSPS) is 10.5. The summed E-state index contributed by atoms with van der Waals surface area (Å²) in [6.07, 6.45) is 1.74. The second-order valence-corrected chi connectivity index (χ2v) is 5.51. The van der Waals surface area contributed by atoms with Gasteiger partial charge in [-0.05, 0) is 30.7 Å². The van der Waals surface area contributed by atoms with Crippen LogP contribution in [-0.4, -0.2) is 17.1 Å². The van der Waals surface area contributed by atoms with Crippen LogP contribution < -0.4 is 4.90 Å². The monoisotopic (exact) mass is 320 g/mol. The van der Waals surface area contributed by atoms with Crippen LogP contribution in [0.15, 0.2) is 41.0 Å². The van der Waals surface area contributed by atoms with Crippen molar-refractivity contribution in [2.45, 2.75) is 20.1 Å². The van der Waals surface area contributed by atoms with Gasteiger partial charge in [0.05, 0.1) is 6.61 Å². The molecule has 0 saturated carbocycles. The topological polar surface area (TPSA) is 36.4 Å². The van der Waals surface area contributed by atoms with Crippen LogP contribution in [0.5, 0.6) is 0 Å². The molecule has 0 bridgehead atoms. The average Bonchev–Trinajstić information content (AvgIpc) is 2.41. The van der Waals surface area contributed by atoms with Crippen LogP contribution in [0.1, 0.15) is 16.8 Å². The smallest absolute Gasteiger partial charge is 0.0717 e. The summed E-state index contributed by atoms with van der Waals surface area (Å²) in [5.74, 6) is 0. The standard InChI is InChI=1S/C15H17BrN2O/c1-11-7-15(13(10-19)8-17-11)18(2)9-12-3-5-14(16)6-4-12/h3-8,19H,9-10H2,1-2H3. The zero-order valence-electron chi connectivity index (χ0n) is 11.1. The van der Waals surface area contributed by atoms with Crippen LogP contribution in [0.2, 0.25) is 0 Å². The fraction of sp³-hybridized carbons (Fsp3) is 0.267. The van der Waals surface area contributed by atoms with E-state index in [4.69, 9.17) is 0 Å². The lowest BCUT2D eigenvalue weighted by Crippen LogP contribution is -2.18. The molecule has 1 aromatic heterocycles. The SMILES string of the molecule is Cc1cc(N(C)Cc2ccc(Br)cc2)c(CO)cn1. The van der Waals surface area contributed by atoms with Gasteiger partial charge in [0.15, 0.2) is 0 Å². The third-order valence-electron chi connectivity index (χ3n) is 3.01. The Balaban J connectivity index is 2.21. The van der Waals surface area contributed by atoms with Crippen molar-refractivity contribution >= 4 is 21.6 Å². The van der Waals surface area contributed by atoms with Gasteiger partial charge in [0, 0.05) is 41.2 Å². The summed E-state index contributed by atoms with van der Waals surface area (Å²) >= 11 is 3.43. The van der Waals surface area contributed by atoms with E-state index in [1.807, 2.05) is 32.2 Å². The van der Waals surface area contributed by atoms with Gasteiger partial charge in [-0.3, -0.25) is 4.98 Å². The van der Waals surface area contributed by atoms with Gasteiger partial charge in [0.2, 0.25) is 0 Å². The molecule has 1 N–H and O–H groups in total. The molecule has 0 amide bonds. The molecular formula is C15H17BrN2O. The Labute approximate surface area is 122 Å². The summed E-state index contributed by atoms with van der Waals surface area (Å²) in [4.78, 5) is 6.35. The van der Waals surface area contributed by atoms with E-state index in [-0.39, 0.29) is 6.61 Å². The summed E-state index contributed by atoms with van der Waals surface area (Å²) in [6, 6.07) is 10.3. The molecule has 0 aliphatic heterocycles. The van der Waals surface area contributed by atoms with Gasteiger partial charge < -0.3 is 10.0 Å². The Morgan fingerprint density at radius 2 is 1.95 bits per heavy atom. The summed E-state index contributed by atoms with van der Waals surface area (Å²) in [5.41, 5.74) is 4.06. The van der Waals surface area contributed by atoms with E-state index in [0.29, 0.717) is 0 Å².